The maximum absolute atomic E-state index is 11.3. The standard InChI is InChI=1S/C14H16N2O2S/c1-9(17)14-11(15)7-13(19-14)16-8-10-5-3-4-6-12(10)18-2/h3-7,16H,8,15H2,1-2H3. The fraction of sp³-hybridized carbons (Fsp3) is 0.214. The van der Waals surface area contributed by atoms with Crippen molar-refractivity contribution in [3.63, 3.8) is 0 Å². The van der Waals surface area contributed by atoms with Crippen LogP contribution in [0.25, 0.3) is 0 Å². The summed E-state index contributed by atoms with van der Waals surface area (Å²) in [6, 6.07) is 9.59. The number of benzene rings is 1. The van der Waals surface area contributed by atoms with Gasteiger partial charge in [0.1, 0.15) is 5.75 Å². The Hall–Kier alpha value is -2.01. The van der Waals surface area contributed by atoms with Crippen molar-refractivity contribution in [1.82, 2.24) is 0 Å². The first-order chi connectivity index (χ1) is 9.11. The molecule has 0 unspecified atom stereocenters. The van der Waals surface area contributed by atoms with E-state index < -0.39 is 0 Å². The number of hydrogen-bond donors (Lipinski definition) is 2. The van der Waals surface area contributed by atoms with Gasteiger partial charge in [-0.3, -0.25) is 4.79 Å². The molecule has 5 heteroatoms. The molecule has 0 spiro atoms. The molecule has 1 heterocycles. The normalized spacial score (nSPS) is 10.2. The van der Waals surface area contributed by atoms with Gasteiger partial charge in [-0.1, -0.05) is 18.2 Å². The number of hydrogen-bond acceptors (Lipinski definition) is 5. The lowest BCUT2D eigenvalue weighted by Gasteiger charge is -2.08. The van der Waals surface area contributed by atoms with Crippen molar-refractivity contribution in [3.05, 3.63) is 40.8 Å². The minimum atomic E-state index is -0.00663. The van der Waals surface area contributed by atoms with Gasteiger partial charge in [-0.2, -0.15) is 0 Å². The van der Waals surface area contributed by atoms with Gasteiger partial charge in [-0.15, -0.1) is 11.3 Å². The number of nitrogens with one attached hydrogen (secondary N) is 1. The Morgan fingerprint density at radius 1 is 1.42 bits per heavy atom. The molecule has 0 amide bonds. The van der Waals surface area contributed by atoms with Crippen molar-refractivity contribution in [3.8, 4) is 5.75 Å². The van der Waals surface area contributed by atoms with Crippen LogP contribution < -0.4 is 15.8 Å². The first kappa shape index (κ1) is 13.4. The van der Waals surface area contributed by atoms with Gasteiger partial charge in [0.05, 0.1) is 22.7 Å². The topological polar surface area (TPSA) is 64.3 Å². The van der Waals surface area contributed by atoms with Crippen LogP contribution in [-0.2, 0) is 6.54 Å². The van der Waals surface area contributed by atoms with Crippen LogP contribution >= 0.6 is 11.3 Å². The summed E-state index contributed by atoms with van der Waals surface area (Å²) in [5.41, 5.74) is 7.38. The Bertz CT molecular complexity index is 593. The Kier molecular flexibility index (Phi) is 4.06. The molecule has 0 fully saturated rings. The molecular weight excluding hydrogens is 260 g/mol. The zero-order chi connectivity index (χ0) is 13.8. The third-order valence-corrected chi connectivity index (χ3v) is 3.94. The molecule has 0 aliphatic heterocycles. The van der Waals surface area contributed by atoms with Crippen molar-refractivity contribution >= 4 is 27.8 Å². The summed E-state index contributed by atoms with van der Waals surface area (Å²) >= 11 is 1.37. The molecule has 4 nitrogen and oxygen atoms in total. The molecule has 0 radical (unpaired) electrons. The molecule has 1 aromatic heterocycles. The maximum atomic E-state index is 11.3. The van der Waals surface area contributed by atoms with Crippen LogP contribution in [0, 0.1) is 0 Å². The predicted molar refractivity (Wildman–Crippen MR) is 79.1 cm³/mol. The van der Waals surface area contributed by atoms with E-state index in [1.54, 1.807) is 13.2 Å². The van der Waals surface area contributed by atoms with E-state index in [1.165, 1.54) is 18.3 Å². The van der Waals surface area contributed by atoms with Gasteiger partial charge in [0.2, 0.25) is 0 Å². The lowest BCUT2D eigenvalue weighted by atomic mass is 10.2. The number of rotatable bonds is 5. The van der Waals surface area contributed by atoms with Crippen LogP contribution in [-0.4, -0.2) is 12.9 Å². The van der Waals surface area contributed by atoms with Crippen LogP contribution in [0.5, 0.6) is 5.75 Å². The Balaban J connectivity index is 2.10. The summed E-state index contributed by atoms with van der Waals surface area (Å²) in [6.45, 7) is 2.15. The molecule has 1 aromatic carbocycles. The molecule has 0 atom stereocenters. The average Bonchev–Trinajstić information content (AvgIpc) is 2.78. The van der Waals surface area contributed by atoms with E-state index in [-0.39, 0.29) is 5.78 Å². The van der Waals surface area contributed by atoms with E-state index >= 15 is 0 Å². The number of thiophene rings is 1. The monoisotopic (exact) mass is 276 g/mol. The number of nitrogen functional groups attached to an aromatic ring is 1. The molecule has 0 aliphatic carbocycles. The second-order valence-electron chi connectivity index (χ2n) is 4.12. The van der Waals surface area contributed by atoms with E-state index in [0.29, 0.717) is 17.1 Å². The first-order valence-electron chi connectivity index (χ1n) is 5.88. The number of ether oxygens (including phenoxy) is 1. The summed E-state index contributed by atoms with van der Waals surface area (Å²) in [5, 5.41) is 4.14. The third-order valence-electron chi connectivity index (χ3n) is 2.73. The number of carbonyl (C=O) groups is 1. The second-order valence-corrected chi connectivity index (χ2v) is 5.17. The van der Waals surface area contributed by atoms with Crippen molar-refractivity contribution in [2.45, 2.75) is 13.5 Å². The largest absolute Gasteiger partial charge is 0.496 e. The molecule has 0 saturated carbocycles. The number of ketones is 1. The van der Waals surface area contributed by atoms with Crippen LogP contribution in [0.4, 0.5) is 10.7 Å². The molecule has 19 heavy (non-hydrogen) atoms. The van der Waals surface area contributed by atoms with Gasteiger partial charge in [0, 0.05) is 19.0 Å². The third kappa shape index (κ3) is 3.06. The van der Waals surface area contributed by atoms with Crippen molar-refractivity contribution in [1.29, 1.82) is 0 Å². The lowest BCUT2D eigenvalue weighted by molar-refractivity contribution is 0.102. The average molecular weight is 276 g/mol. The van der Waals surface area contributed by atoms with Gasteiger partial charge >= 0.3 is 0 Å². The molecule has 100 valence electrons. The number of anilines is 2. The number of para-hydroxylation sites is 1. The van der Waals surface area contributed by atoms with Crippen molar-refractivity contribution in [2.24, 2.45) is 0 Å². The minimum absolute atomic E-state index is 0.00663. The predicted octanol–water partition coefficient (Wildman–Crippen LogP) is 3.15. The number of carbonyl (C=O) groups excluding carboxylic acids is 1. The van der Waals surface area contributed by atoms with Gasteiger partial charge in [-0.25, -0.2) is 0 Å². The quantitative estimate of drug-likeness (QED) is 0.823. The lowest BCUT2D eigenvalue weighted by Crippen LogP contribution is -2.00. The van der Waals surface area contributed by atoms with Gasteiger partial charge < -0.3 is 15.8 Å². The van der Waals surface area contributed by atoms with Crippen LogP contribution in [0.3, 0.4) is 0 Å². The molecule has 0 saturated heterocycles. The van der Waals surface area contributed by atoms with E-state index in [9.17, 15) is 4.79 Å². The fourth-order valence-corrected chi connectivity index (χ4v) is 2.67. The highest BCUT2D eigenvalue weighted by molar-refractivity contribution is 7.18. The van der Waals surface area contributed by atoms with Gasteiger partial charge in [-0.05, 0) is 12.1 Å². The van der Waals surface area contributed by atoms with Crippen LogP contribution in [0.1, 0.15) is 22.2 Å². The first-order valence-corrected chi connectivity index (χ1v) is 6.69. The second kappa shape index (κ2) is 5.75. The van der Waals surface area contributed by atoms with Gasteiger partial charge in [0.15, 0.2) is 5.78 Å². The van der Waals surface area contributed by atoms with E-state index in [1.807, 2.05) is 24.3 Å². The highest BCUT2D eigenvalue weighted by atomic mass is 32.1. The number of Topliss-reactive ketones (excluding diaryl/α,β-unsaturated/α-hetero) is 1. The number of methoxy groups -OCH3 is 1. The Morgan fingerprint density at radius 2 is 2.16 bits per heavy atom. The highest BCUT2D eigenvalue weighted by Crippen LogP contribution is 2.30. The minimum Gasteiger partial charge on any atom is -0.496 e. The molecule has 3 N–H and O–H groups in total. The highest BCUT2D eigenvalue weighted by Gasteiger charge is 2.10. The zero-order valence-electron chi connectivity index (χ0n) is 10.9. The number of nitrogens with two attached hydrogens (primary N) is 1. The fourth-order valence-electron chi connectivity index (χ4n) is 1.80. The molecule has 2 aromatic rings. The smallest absolute Gasteiger partial charge is 0.171 e. The van der Waals surface area contributed by atoms with Crippen LogP contribution in [0.2, 0.25) is 0 Å². The van der Waals surface area contributed by atoms with Crippen LogP contribution in [0.15, 0.2) is 30.3 Å². The molecule has 0 bridgehead atoms. The maximum Gasteiger partial charge on any atom is 0.171 e. The molecule has 2 rings (SSSR count). The summed E-state index contributed by atoms with van der Waals surface area (Å²) in [7, 11) is 1.65. The Morgan fingerprint density at radius 3 is 2.79 bits per heavy atom. The Labute approximate surface area is 116 Å². The van der Waals surface area contributed by atoms with Crippen molar-refractivity contribution < 1.29 is 9.53 Å². The SMILES string of the molecule is COc1ccccc1CNc1cc(N)c(C(C)=O)s1. The van der Waals surface area contributed by atoms with E-state index in [0.717, 1.165) is 16.3 Å². The summed E-state index contributed by atoms with van der Waals surface area (Å²) in [6.07, 6.45) is 0. The molecular formula is C14H16N2O2S. The summed E-state index contributed by atoms with van der Waals surface area (Å²) in [4.78, 5) is 11.9. The van der Waals surface area contributed by atoms with Crippen molar-refractivity contribution in [2.75, 3.05) is 18.2 Å². The molecule has 0 aliphatic rings. The van der Waals surface area contributed by atoms with E-state index in [2.05, 4.69) is 5.32 Å². The summed E-state index contributed by atoms with van der Waals surface area (Å²) in [5.74, 6) is 0.833. The summed E-state index contributed by atoms with van der Waals surface area (Å²) < 4.78 is 5.29. The zero-order valence-corrected chi connectivity index (χ0v) is 11.7. The van der Waals surface area contributed by atoms with E-state index in [4.69, 9.17) is 10.5 Å². The van der Waals surface area contributed by atoms with Gasteiger partial charge in [0.25, 0.3) is 0 Å².